The third-order valence-corrected chi connectivity index (χ3v) is 2.51. The lowest BCUT2D eigenvalue weighted by Gasteiger charge is -2.33. The minimum Gasteiger partial charge on any atom is -0.347 e. The summed E-state index contributed by atoms with van der Waals surface area (Å²) in [4.78, 5) is 11.1. The van der Waals surface area contributed by atoms with Crippen LogP contribution in [0.25, 0.3) is 0 Å². The SMILES string of the molecule is NC1CC2(CCC1=O)OCCO2. The van der Waals surface area contributed by atoms with E-state index in [1.54, 1.807) is 0 Å². The summed E-state index contributed by atoms with van der Waals surface area (Å²) in [6.07, 6.45) is 1.67. The molecule has 2 aliphatic rings. The van der Waals surface area contributed by atoms with E-state index in [4.69, 9.17) is 15.2 Å². The maximum atomic E-state index is 11.1. The number of carbonyl (C=O) groups is 1. The van der Waals surface area contributed by atoms with E-state index in [0.29, 0.717) is 32.5 Å². The quantitative estimate of drug-likeness (QED) is 0.548. The van der Waals surface area contributed by atoms with Crippen molar-refractivity contribution in [2.45, 2.75) is 31.1 Å². The van der Waals surface area contributed by atoms with Crippen molar-refractivity contribution in [3.05, 3.63) is 0 Å². The van der Waals surface area contributed by atoms with Gasteiger partial charge in [0.15, 0.2) is 5.79 Å². The molecule has 1 atom stereocenters. The van der Waals surface area contributed by atoms with E-state index in [2.05, 4.69) is 0 Å². The molecule has 1 heterocycles. The third kappa shape index (κ3) is 1.26. The van der Waals surface area contributed by atoms with E-state index < -0.39 is 11.8 Å². The largest absolute Gasteiger partial charge is 0.347 e. The van der Waals surface area contributed by atoms with Gasteiger partial charge in [0.25, 0.3) is 0 Å². The summed E-state index contributed by atoms with van der Waals surface area (Å²) in [5, 5.41) is 0. The first-order valence-corrected chi connectivity index (χ1v) is 4.28. The van der Waals surface area contributed by atoms with Gasteiger partial charge in [0, 0.05) is 19.3 Å². The summed E-state index contributed by atoms with van der Waals surface area (Å²) in [6, 6.07) is -0.392. The number of nitrogens with two attached hydrogens (primary N) is 1. The first kappa shape index (κ1) is 8.16. The Bertz CT molecular complexity index is 198. The molecule has 0 radical (unpaired) electrons. The van der Waals surface area contributed by atoms with Crippen molar-refractivity contribution in [3.63, 3.8) is 0 Å². The topological polar surface area (TPSA) is 61.6 Å². The van der Waals surface area contributed by atoms with E-state index in [9.17, 15) is 4.79 Å². The first-order chi connectivity index (χ1) is 5.72. The highest BCUT2D eigenvalue weighted by Gasteiger charge is 2.43. The van der Waals surface area contributed by atoms with Gasteiger partial charge in [-0.3, -0.25) is 4.79 Å². The highest BCUT2D eigenvalue weighted by Crippen LogP contribution is 2.33. The smallest absolute Gasteiger partial charge is 0.170 e. The second-order valence-corrected chi connectivity index (χ2v) is 3.38. The number of rotatable bonds is 0. The average molecular weight is 171 g/mol. The van der Waals surface area contributed by atoms with Crippen molar-refractivity contribution < 1.29 is 14.3 Å². The van der Waals surface area contributed by atoms with Gasteiger partial charge in [-0.15, -0.1) is 0 Å². The Morgan fingerprint density at radius 2 is 2.08 bits per heavy atom. The fraction of sp³-hybridized carbons (Fsp3) is 0.875. The van der Waals surface area contributed by atoms with Crippen molar-refractivity contribution in [1.29, 1.82) is 0 Å². The second-order valence-electron chi connectivity index (χ2n) is 3.38. The lowest BCUT2D eigenvalue weighted by molar-refractivity contribution is -0.182. The molecule has 0 bridgehead atoms. The van der Waals surface area contributed by atoms with Gasteiger partial charge >= 0.3 is 0 Å². The summed E-state index contributed by atoms with van der Waals surface area (Å²) in [6.45, 7) is 1.25. The monoisotopic (exact) mass is 171 g/mol. The lowest BCUT2D eigenvalue weighted by Crippen LogP contribution is -2.47. The van der Waals surface area contributed by atoms with Crippen LogP contribution in [0, 0.1) is 0 Å². The zero-order valence-corrected chi connectivity index (χ0v) is 6.91. The summed E-state index contributed by atoms with van der Waals surface area (Å²) in [5.41, 5.74) is 5.62. The summed E-state index contributed by atoms with van der Waals surface area (Å²) < 4.78 is 10.9. The normalized spacial score (nSPS) is 34.4. The number of carbonyl (C=O) groups excluding carboxylic acids is 1. The van der Waals surface area contributed by atoms with Crippen LogP contribution in [0.3, 0.4) is 0 Å². The second kappa shape index (κ2) is 2.80. The van der Waals surface area contributed by atoms with Crippen molar-refractivity contribution in [3.8, 4) is 0 Å². The summed E-state index contributed by atoms with van der Waals surface area (Å²) in [5.74, 6) is -0.396. The molecule has 0 aromatic rings. The van der Waals surface area contributed by atoms with Gasteiger partial charge in [0.1, 0.15) is 5.78 Å². The molecule has 0 aromatic heterocycles. The van der Waals surface area contributed by atoms with Crippen LogP contribution in [0.4, 0.5) is 0 Å². The van der Waals surface area contributed by atoms with Gasteiger partial charge < -0.3 is 15.2 Å². The van der Waals surface area contributed by atoms with Crippen LogP contribution in [0.2, 0.25) is 0 Å². The predicted octanol–water partition coefficient (Wildman–Crippen LogP) is -0.190. The maximum Gasteiger partial charge on any atom is 0.170 e. The van der Waals surface area contributed by atoms with Gasteiger partial charge in [-0.25, -0.2) is 0 Å². The molecule has 1 saturated carbocycles. The minimum absolute atomic E-state index is 0.125. The van der Waals surface area contributed by atoms with Crippen LogP contribution in [-0.4, -0.2) is 30.8 Å². The van der Waals surface area contributed by atoms with Crippen molar-refractivity contribution in [2.75, 3.05) is 13.2 Å². The molecule has 4 heteroatoms. The number of Topliss-reactive ketones (excluding diaryl/α,β-unsaturated/α-hetero) is 1. The molecule has 68 valence electrons. The number of ketones is 1. The van der Waals surface area contributed by atoms with Crippen LogP contribution in [0.5, 0.6) is 0 Å². The maximum absolute atomic E-state index is 11.1. The Kier molecular flexibility index (Phi) is 1.90. The molecule has 1 saturated heterocycles. The van der Waals surface area contributed by atoms with Crippen molar-refractivity contribution >= 4 is 5.78 Å². The van der Waals surface area contributed by atoms with Crippen LogP contribution >= 0.6 is 0 Å². The standard InChI is InChI=1S/C8H13NO3/c9-6-5-8(2-1-7(6)10)11-3-4-12-8/h6H,1-5,9H2. The molecule has 1 aliphatic heterocycles. The van der Waals surface area contributed by atoms with E-state index in [1.165, 1.54) is 0 Å². The summed E-state index contributed by atoms with van der Waals surface area (Å²) in [7, 11) is 0. The molecule has 4 nitrogen and oxygen atoms in total. The minimum atomic E-state index is -0.521. The van der Waals surface area contributed by atoms with Gasteiger partial charge in [-0.05, 0) is 0 Å². The Balaban J connectivity index is 2.05. The molecule has 0 amide bonds. The van der Waals surface area contributed by atoms with Crippen molar-refractivity contribution in [1.82, 2.24) is 0 Å². The highest BCUT2D eigenvalue weighted by molar-refractivity contribution is 5.84. The Morgan fingerprint density at radius 3 is 2.67 bits per heavy atom. The molecule has 1 aliphatic carbocycles. The van der Waals surface area contributed by atoms with E-state index in [0.717, 1.165) is 0 Å². The van der Waals surface area contributed by atoms with Gasteiger partial charge in [0.2, 0.25) is 0 Å². The third-order valence-electron chi connectivity index (χ3n) is 2.51. The fourth-order valence-electron chi connectivity index (χ4n) is 1.81. The molecular formula is C8H13NO3. The molecule has 0 aromatic carbocycles. The number of hydrogen-bond acceptors (Lipinski definition) is 4. The zero-order valence-electron chi connectivity index (χ0n) is 6.91. The molecular weight excluding hydrogens is 158 g/mol. The molecule has 2 fully saturated rings. The molecule has 12 heavy (non-hydrogen) atoms. The highest BCUT2D eigenvalue weighted by atomic mass is 16.7. The molecule has 2 rings (SSSR count). The molecule has 1 spiro atoms. The van der Waals surface area contributed by atoms with Crippen LogP contribution < -0.4 is 5.73 Å². The first-order valence-electron chi connectivity index (χ1n) is 4.28. The van der Waals surface area contributed by atoms with Crippen LogP contribution in [-0.2, 0) is 14.3 Å². The Labute approximate surface area is 71.0 Å². The Hall–Kier alpha value is -0.450. The zero-order chi connectivity index (χ0) is 8.60. The van der Waals surface area contributed by atoms with E-state index >= 15 is 0 Å². The lowest BCUT2D eigenvalue weighted by atomic mass is 9.89. The van der Waals surface area contributed by atoms with Crippen molar-refractivity contribution in [2.24, 2.45) is 5.73 Å². The van der Waals surface area contributed by atoms with Crippen LogP contribution in [0.1, 0.15) is 19.3 Å². The van der Waals surface area contributed by atoms with Gasteiger partial charge in [-0.1, -0.05) is 0 Å². The Morgan fingerprint density at radius 1 is 1.42 bits per heavy atom. The van der Waals surface area contributed by atoms with Gasteiger partial charge in [-0.2, -0.15) is 0 Å². The number of ether oxygens (including phenoxy) is 2. The molecule has 2 N–H and O–H groups in total. The average Bonchev–Trinajstić information content (AvgIpc) is 2.47. The van der Waals surface area contributed by atoms with Crippen LogP contribution in [0.15, 0.2) is 0 Å². The van der Waals surface area contributed by atoms with Gasteiger partial charge in [0.05, 0.1) is 19.3 Å². The van der Waals surface area contributed by atoms with E-state index in [1.807, 2.05) is 0 Å². The number of hydrogen-bond donors (Lipinski definition) is 1. The fourth-order valence-corrected chi connectivity index (χ4v) is 1.81. The summed E-state index contributed by atoms with van der Waals surface area (Å²) >= 11 is 0. The van der Waals surface area contributed by atoms with E-state index in [-0.39, 0.29) is 5.78 Å². The predicted molar refractivity (Wildman–Crippen MR) is 41.5 cm³/mol. The molecule has 1 unspecified atom stereocenters.